The number of nitrogens with two attached hydrogens (primary N) is 1. The topological polar surface area (TPSA) is 78.7 Å². The van der Waals surface area contributed by atoms with Crippen LogP contribution in [0.25, 0.3) is 0 Å². The minimum atomic E-state index is -3.65. The Morgan fingerprint density at radius 3 is 2.19 bits per heavy atom. The third-order valence-corrected chi connectivity index (χ3v) is 6.14. The van der Waals surface area contributed by atoms with Crippen LogP contribution >= 0.6 is 15.9 Å². The first kappa shape index (κ1) is 20.4. The molecule has 27 heavy (non-hydrogen) atoms. The van der Waals surface area contributed by atoms with Crippen molar-refractivity contribution in [2.75, 3.05) is 32.7 Å². The number of sulfonamides is 1. The third-order valence-electron chi connectivity index (χ3n) is 4.68. The van der Waals surface area contributed by atoms with Crippen molar-refractivity contribution in [3.63, 3.8) is 0 Å². The van der Waals surface area contributed by atoms with Gasteiger partial charge in [0.15, 0.2) is 0 Å². The maximum absolute atomic E-state index is 11.4. The average molecular weight is 453 g/mol. The highest BCUT2D eigenvalue weighted by Crippen LogP contribution is 2.15. The molecule has 146 valence electrons. The van der Waals surface area contributed by atoms with Crippen LogP contribution in [0.1, 0.15) is 11.1 Å². The Labute approximate surface area is 169 Å². The molecule has 1 aliphatic rings. The van der Waals surface area contributed by atoms with Gasteiger partial charge in [-0.3, -0.25) is 0 Å². The Morgan fingerprint density at radius 2 is 1.59 bits per heavy atom. The molecule has 2 aromatic rings. The number of nitrogens with zero attached hydrogens (tertiary/aromatic N) is 2. The first-order valence-electron chi connectivity index (χ1n) is 8.98. The number of hydrogen-bond acceptors (Lipinski definition) is 5. The lowest BCUT2D eigenvalue weighted by Crippen LogP contribution is -2.52. The van der Waals surface area contributed by atoms with Gasteiger partial charge in [-0.05, 0) is 41.8 Å². The van der Waals surface area contributed by atoms with E-state index in [4.69, 9.17) is 5.14 Å². The quantitative estimate of drug-likeness (QED) is 0.670. The van der Waals surface area contributed by atoms with Gasteiger partial charge in [-0.25, -0.2) is 23.6 Å². The van der Waals surface area contributed by atoms with E-state index in [1.807, 2.05) is 12.1 Å². The minimum absolute atomic E-state index is 0.148. The smallest absolute Gasteiger partial charge is 0.238 e. The van der Waals surface area contributed by atoms with E-state index in [0.717, 1.165) is 55.7 Å². The van der Waals surface area contributed by atoms with Gasteiger partial charge in [0.1, 0.15) is 0 Å². The second kappa shape index (κ2) is 9.27. The Kier molecular flexibility index (Phi) is 7.02. The van der Waals surface area contributed by atoms with Crippen molar-refractivity contribution in [3.8, 4) is 0 Å². The molecule has 0 atom stereocenters. The lowest BCUT2D eigenvalue weighted by atomic mass is 10.1. The number of hydrazine groups is 1. The SMILES string of the molecule is NS(=O)(=O)c1ccc(CN(CCc2ccc(Br)cc2)N2CCNCC2)cc1. The zero-order valence-electron chi connectivity index (χ0n) is 15.1. The van der Waals surface area contributed by atoms with Crippen LogP contribution in [-0.4, -0.2) is 51.2 Å². The number of nitrogens with one attached hydrogen (secondary N) is 1. The van der Waals surface area contributed by atoms with E-state index in [1.165, 1.54) is 5.56 Å². The van der Waals surface area contributed by atoms with E-state index < -0.39 is 10.0 Å². The summed E-state index contributed by atoms with van der Waals surface area (Å²) in [6.45, 7) is 5.52. The highest BCUT2D eigenvalue weighted by molar-refractivity contribution is 9.10. The van der Waals surface area contributed by atoms with Crippen molar-refractivity contribution in [3.05, 3.63) is 64.1 Å². The molecule has 1 heterocycles. The predicted octanol–water partition coefficient (Wildman–Crippen LogP) is 1.96. The van der Waals surface area contributed by atoms with Crippen LogP contribution in [0.5, 0.6) is 0 Å². The second-order valence-corrected chi connectivity index (χ2v) is 9.13. The van der Waals surface area contributed by atoms with E-state index in [1.54, 1.807) is 12.1 Å². The van der Waals surface area contributed by atoms with E-state index in [9.17, 15) is 8.42 Å². The van der Waals surface area contributed by atoms with Crippen molar-refractivity contribution in [2.24, 2.45) is 5.14 Å². The monoisotopic (exact) mass is 452 g/mol. The maximum atomic E-state index is 11.4. The average Bonchev–Trinajstić information content (AvgIpc) is 2.67. The van der Waals surface area contributed by atoms with Crippen LogP contribution in [0.4, 0.5) is 0 Å². The fourth-order valence-electron chi connectivity index (χ4n) is 3.16. The van der Waals surface area contributed by atoms with Crippen LogP contribution in [0.3, 0.4) is 0 Å². The highest BCUT2D eigenvalue weighted by atomic mass is 79.9. The molecule has 0 spiro atoms. The molecular weight excluding hydrogens is 428 g/mol. The van der Waals surface area contributed by atoms with Crippen molar-refractivity contribution in [1.29, 1.82) is 0 Å². The molecule has 1 fully saturated rings. The van der Waals surface area contributed by atoms with Crippen molar-refractivity contribution in [1.82, 2.24) is 15.3 Å². The zero-order chi connectivity index (χ0) is 19.3. The highest BCUT2D eigenvalue weighted by Gasteiger charge is 2.18. The van der Waals surface area contributed by atoms with Crippen LogP contribution < -0.4 is 10.5 Å². The number of benzene rings is 2. The molecule has 0 aromatic heterocycles. The van der Waals surface area contributed by atoms with Gasteiger partial charge in [-0.2, -0.15) is 0 Å². The molecular formula is C19H25BrN4O2S. The van der Waals surface area contributed by atoms with E-state index in [2.05, 4.69) is 55.5 Å². The first-order valence-corrected chi connectivity index (χ1v) is 11.3. The normalized spacial score (nSPS) is 16.0. The summed E-state index contributed by atoms with van der Waals surface area (Å²) in [4.78, 5) is 0.148. The van der Waals surface area contributed by atoms with Crippen LogP contribution in [0.2, 0.25) is 0 Å². The van der Waals surface area contributed by atoms with Gasteiger partial charge in [0.05, 0.1) is 4.90 Å². The molecule has 0 unspecified atom stereocenters. The Morgan fingerprint density at radius 1 is 1.00 bits per heavy atom. The van der Waals surface area contributed by atoms with Gasteiger partial charge in [0.2, 0.25) is 10.0 Å². The summed E-state index contributed by atoms with van der Waals surface area (Å²) in [5, 5.41) is 13.3. The van der Waals surface area contributed by atoms with Gasteiger partial charge in [-0.15, -0.1) is 0 Å². The fourth-order valence-corrected chi connectivity index (χ4v) is 3.94. The molecule has 3 N–H and O–H groups in total. The summed E-state index contributed by atoms with van der Waals surface area (Å²) in [6, 6.07) is 15.3. The third kappa shape index (κ3) is 6.10. The molecule has 8 heteroatoms. The van der Waals surface area contributed by atoms with E-state index in [0.29, 0.717) is 0 Å². The largest absolute Gasteiger partial charge is 0.314 e. The van der Waals surface area contributed by atoms with Crippen LogP contribution in [0.15, 0.2) is 57.9 Å². The molecule has 0 saturated carbocycles. The van der Waals surface area contributed by atoms with Crippen molar-refractivity contribution < 1.29 is 8.42 Å². The number of halogens is 1. The van der Waals surface area contributed by atoms with E-state index >= 15 is 0 Å². The molecule has 0 aliphatic carbocycles. The van der Waals surface area contributed by atoms with Crippen molar-refractivity contribution >= 4 is 26.0 Å². The summed E-state index contributed by atoms with van der Waals surface area (Å²) < 4.78 is 24.0. The lowest BCUT2D eigenvalue weighted by molar-refractivity contribution is -0.0407. The van der Waals surface area contributed by atoms with Gasteiger partial charge in [0.25, 0.3) is 0 Å². The predicted molar refractivity (Wildman–Crippen MR) is 111 cm³/mol. The standard InChI is InChI=1S/C19H25BrN4O2S/c20-18-5-1-16(2-6-18)9-12-24(23-13-10-22-11-14-23)15-17-3-7-19(8-4-17)27(21,25)26/h1-8,22H,9-15H2,(H2,21,25,26). The second-order valence-electron chi connectivity index (χ2n) is 6.66. The number of rotatable bonds is 7. The van der Waals surface area contributed by atoms with Gasteiger partial charge in [0, 0.05) is 43.7 Å². The number of primary sulfonamides is 1. The van der Waals surface area contributed by atoms with Gasteiger partial charge >= 0.3 is 0 Å². The molecule has 3 rings (SSSR count). The maximum Gasteiger partial charge on any atom is 0.238 e. The lowest BCUT2D eigenvalue weighted by Gasteiger charge is -2.38. The zero-order valence-corrected chi connectivity index (χ0v) is 17.5. The molecule has 0 bridgehead atoms. The molecule has 1 aliphatic heterocycles. The molecule has 2 aromatic carbocycles. The minimum Gasteiger partial charge on any atom is -0.314 e. The summed E-state index contributed by atoms with van der Waals surface area (Å²) >= 11 is 3.47. The van der Waals surface area contributed by atoms with Gasteiger partial charge in [-0.1, -0.05) is 40.2 Å². The van der Waals surface area contributed by atoms with Crippen molar-refractivity contribution in [2.45, 2.75) is 17.9 Å². The van der Waals surface area contributed by atoms with Crippen LogP contribution in [0, 0.1) is 0 Å². The summed E-state index contributed by atoms with van der Waals surface area (Å²) in [5.74, 6) is 0. The first-order chi connectivity index (χ1) is 12.9. The molecule has 6 nitrogen and oxygen atoms in total. The van der Waals surface area contributed by atoms with Crippen LogP contribution in [-0.2, 0) is 23.0 Å². The fraction of sp³-hybridized carbons (Fsp3) is 0.368. The Balaban J connectivity index is 1.70. The van der Waals surface area contributed by atoms with E-state index in [-0.39, 0.29) is 4.90 Å². The molecule has 1 saturated heterocycles. The Bertz CT molecular complexity index is 835. The number of hydrogen-bond donors (Lipinski definition) is 2. The summed E-state index contributed by atoms with van der Waals surface area (Å²) in [5.41, 5.74) is 2.36. The molecule has 0 amide bonds. The summed E-state index contributed by atoms with van der Waals surface area (Å²) in [7, 11) is -3.65. The molecule has 0 radical (unpaired) electrons. The number of piperazine rings is 1. The Hall–Kier alpha value is -1.29. The van der Waals surface area contributed by atoms with Gasteiger partial charge < -0.3 is 5.32 Å². The summed E-state index contributed by atoms with van der Waals surface area (Å²) in [6.07, 6.45) is 0.951.